The summed E-state index contributed by atoms with van der Waals surface area (Å²) in [4.78, 5) is 0. The van der Waals surface area contributed by atoms with Crippen molar-refractivity contribution in [3.8, 4) is 0 Å². The Labute approximate surface area is 118 Å². The number of halogens is 2. The number of rotatable bonds is 4. The van der Waals surface area contributed by atoms with Crippen LogP contribution in [0.15, 0.2) is 18.2 Å². The van der Waals surface area contributed by atoms with E-state index in [0.29, 0.717) is 15.5 Å². The summed E-state index contributed by atoms with van der Waals surface area (Å²) in [5, 5.41) is 20.8. The Balaban J connectivity index is 2.92. The van der Waals surface area contributed by atoms with Crippen LogP contribution in [0.25, 0.3) is 0 Å². The van der Waals surface area contributed by atoms with E-state index in [1.165, 1.54) is 0 Å². The maximum atomic E-state index is 10.0. The van der Waals surface area contributed by atoms with Crippen LogP contribution < -0.4 is 5.46 Å². The van der Waals surface area contributed by atoms with E-state index in [9.17, 15) is 10.1 Å². The molecule has 0 aliphatic carbocycles. The van der Waals surface area contributed by atoms with Crippen LogP contribution in [0.2, 0.25) is 10.0 Å². The summed E-state index contributed by atoms with van der Waals surface area (Å²) in [7, 11) is -1.21. The Morgan fingerprint density at radius 3 is 1.89 bits per heavy atom. The molecule has 0 aromatic heterocycles. The summed E-state index contributed by atoms with van der Waals surface area (Å²) in [6.45, 7) is 6.63. The first-order chi connectivity index (χ1) is 8.03. The molecule has 100 valence electrons. The van der Waals surface area contributed by atoms with E-state index in [0.717, 1.165) is 0 Å². The van der Waals surface area contributed by atoms with Gasteiger partial charge in [-0.05, 0) is 51.4 Å². The van der Waals surface area contributed by atoms with Crippen molar-refractivity contribution in [1.29, 1.82) is 0 Å². The van der Waals surface area contributed by atoms with Crippen LogP contribution in [0.5, 0.6) is 0 Å². The predicted octanol–water partition coefficient (Wildman–Crippen LogP) is 2.25. The number of hydrogen-bond donors (Lipinski definition) is 2. The highest BCUT2D eigenvalue weighted by Gasteiger charge is 2.39. The highest BCUT2D eigenvalue weighted by molar-refractivity contribution is 6.60. The third-order valence-electron chi connectivity index (χ3n) is 3.05. The molecule has 0 bridgehead atoms. The molecule has 0 radical (unpaired) electrons. The Morgan fingerprint density at radius 2 is 1.50 bits per heavy atom. The van der Waals surface area contributed by atoms with Gasteiger partial charge in [0.05, 0.1) is 11.2 Å². The molecular formula is C12H17BCl2O3. The summed E-state index contributed by atoms with van der Waals surface area (Å²) in [6.07, 6.45) is 0. The maximum absolute atomic E-state index is 10.0. The third kappa shape index (κ3) is 3.87. The average molecular weight is 291 g/mol. The molecule has 18 heavy (non-hydrogen) atoms. The summed E-state index contributed by atoms with van der Waals surface area (Å²) >= 11 is 11.7. The molecule has 0 saturated heterocycles. The molecule has 0 fully saturated rings. The molecule has 0 amide bonds. The first-order valence-electron chi connectivity index (χ1n) is 5.57. The third-order valence-corrected chi connectivity index (χ3v) is 3.49. The van der Waals surface area contributed by atoms with Gasteiger partial charge in [-0.3, -0.25) is 0 Å². The second-order valence-electron chi connectivity index (χ2n) is 5.24. The zero-order chi connectivity index (χ0) is 14.1. The molecule has 0 saturated carbocycles. The summed E-state index contributed by atoms with van der Waals surface area (Å²) in [5.41, 5.74) is -1.58. The molecule has 3 nitrogen and oxygen atoms in total. The number of hydrogen-bond acceptors (Lipinski definition) is 3. The van der Waals surface area contributed by atoms with Crippen molar-refractivity contribution in [1.82, 2.24) is 0 Å². The molecule has 1 aromatic carbocycles. The van der Waals surface area contributed by atoms with Crippen LogP contribution in [0.3, 0.4) is 0 Å². The van der Waals surface area contributed by atoms with Crippen molar-refractivity contribution in [2.75, 3.05) is 0 Å². The van der Waals surface area contributed by atoms with Gasteiger partial charge in [0.2, 0.25) is 0 Å². The van der Waals surface area contributed by atoms with Crippen LogP contribution in [0.1, 0.15) is 27.7 Å². The van der Waals surface area contributed by atoms with Crippen LogP contribution in [-0.2, 0) is 4.65 Å². The van der Waals surface area contributed by atoms with Gasteiger partial charge in [-0.25, -0.2) is 0 Å². The highest BCUT2D eigenvalue weighted by Crippen LogP contribution is 2.25. The van der Waals surface area contributed by atoms with Crippen LogP contribution >= 0.6 is 23.2 Å². The molecule has 0 heterocycles. The zero-order valence-electron chi connectivity index (χ0n) is 10.9. The monoisotopic (exact) mass is 290 g/mol. The average Bonchev–Trinajstić information content (AvgIpc) is 2.13. The van der Waals surface area contributed by atoms with Gasteiger partial charge in [0.15, 0.2) is 0 Å². The Morgan fingerprint density at radius 1 is 1.06 bits per heavy atom. The first-order valence-corrected chi connectivity index (χ1v) is 6.33. The lowest BCUT2D eigenvalue weighted by Gasteiger charge is -2.38. The fourth-order valence-electron chi connectivity index (χ4n) is 1.21. The molecule has 2 N–H and O–H groups in total. The van der Waals surface area contributed by atoms with Crippen molar-refractivity contribution >= 4 is 35.8 Å². The molecule has 0 aliphatic heterocycles. The van der Waals surface area contributed by atoms with Gasteiger partial charge in [0.25, 0.3) is 0 Å². The minimum absolute atomic E-state index is 0.418. The van der Waals surface area contributed by atoms with Crippen molar-refractivity contribution in [3.05, 3.63) is 28.2 Å². The summed E-state index contributed by atoms with van der Waals surface area (Å²) in [5.74, 6) is 0. The fourth-order valence-corrected chi connectivity index (χ4v) is 1.75. The SMILES string of the molecule is CC(C)(O)C(C)(C)OB(O)c1cc(Cl)cc(Cl)c1. The largest absolute Gasteiger partial charge is 0.491 e. The highest BCUT2D eigenvalue weighted by atomic mass is 35.5. The number of aliphatic hydroxyl groups is 1. The van der Waals surface area contributed by atoms with Gasteiger partial charge in [0, 0.05) is 10.0 Å². The van der Waals surface area contributed by atoms with E-state index in [1.807, 2.05) is 0 Å². The summed E-state index contributed by atoms with van der Waals surface area (Å²) in [6, 6.07) is 4.71. The van der Waals surface area contributed by atoms with Gasteiger partial charge >= 0.3 is 7.12 Å². The van der Waals surface area contributed by atoms with E-state index in [-0.39, 0.29) is 0 Å². The Kier molecular flexibility index (Phi) is 4.73. The lowest BCUT2D eigenvalue weighted by molar-refractivity contribution is -0.0982. The molecule has 0 aliphatic rings. The van der Waals surface area contributed by atoms with Gasteiger partial charge in [-0.2, -0.15) is 0 Å². The molecule has 1 aromatic rings. The Bertz CT molecular complexity index is 410. The number of benzene rings is 1. The van der Waals surface area contributed by atoms with E-state index < -0.39 is 18.3 Å². The predicted molar refractivity (Wildman–Crippen MR) is 75.5 cm³/mol. The Hall–Kier alpha value is -0.255. The smallest absolute Gasteiger partial charge is 0.423 e. The quantitative estimate of drug-likeness (QED) is 0.836. The van der Waals surface area contributed by atoms with E-state index in [1.54, 1.807) is 45.9 Å². The minimum atomic E-state index is -1.21. The molecular weight excluding hydrogens is 274 g/mol. The zero-order valence-corrected chi connectivity index (χ0v) is 12.4. The van der Waals surface area contributed by atoms with Crippen molar-refractivity contribution < 1.29 is 14.8 Å². The minimum Gasteiger partial charge on any atom is -0.423 e. The normalized spacial score (nSPS) is 12.7. The molecule has 0 unspecified atom stereocenters. The van der Waals surface area contributed by atoms with Crippen molar-refractivity contribution in [2.45, 2.75) is 38.9 Å². The second kappa shape index (κ2) is 5.39. The van der Waals surface area contributed by atoms with E-state index >= 15 is 0 Å². The lowest BCUT2D eigenvalue weighted by atomic mass is 9.76. The van der Waals surface area contributed by atoms with Crippen LogP contribution in [-0.4, -0.2) is 28.5 Å². The lowest BCUT2D eigenvalue weighted by Crippen LogP contribution is -2.53. The van der Waals surface area contributed by atoms with Gasteiger partial charge in [0.1, 0.15) is 0 Å². The topological polar surface area (TPSA) is 49.7 Å². The van der Waals surface area contributed by atoms with Crippen LogP contribution in [0.4, 0.5) is 0 Å². The van der Waals surface area contributed by atoms with Crippen molar-refractivity contribution in [3.63, 3.8) is 0 Å². The fraction of sp³-hybridized carbons (Fsp3) is 0.500. The second-order valence-corrected chi connectivity index (χ2v) is 6.12. The standard InChI is InChI=1S/C12H17BCl2O3/c1-11(2,16)12(3,4)18-13(17)8-5-9(14)7-10(15)6-8/h5-7,16-17H,1-4H3. The van der Waals surface area contributed by atoms with E-state index in [4.69, 9.17) is 27.9 Å². The van der Waals surface area contributed by atoms with Gasteiger partial charge in [-0.15, -0.1) is 0 Å². The molecule has 0 atom stereocenters. The molecule has 6 heteroatoms. The van der Waals surface area contributed by atoms with Crippen LogP contribution in [0, 0.1) is 0 Å². The maximum Gasteiger partial charge on any atom is 0.491 e. The molecule has 1 rings (SSSR count). The van der Waals surface area contributed by atoms with Gasteiger partial charge in [-0.1, -0.05) is 23.2 Å². The first kappa shape index (κ1) is 15.8. The van der Waals surface area contributed by atoms with E-state index in [2.05, 4.69) is 0 Å². The van der Waals surface area contributed by atoms with Gasteiger partial charge < -0.3 is 14.8 Å². The van der Waals surface area contributed by atoms with Crippen molar-refractivity contribution in [2.24, 2.45) is 0 Å². The summed E-state index contributed by atoms with van der Waals surface area (Å²) < 4.78 is 5.49. The molecule has 0 spiro atoms.